The van der Waals surface area contributed by atoms with Crippen LogP contribution < -0.4 is 5.32 Å². The summed E-state index contributed by atoms with van der Waals surface area (Å²) in [6.07, 6.45) is 7.88. The standard InChI is InChI=1S/C14H20ClN/c15-13-8-5-12(6-9-13)7-10-14-4-2-1-3-11-16-14/h5-6,8-9,14,16H,1-4,7,10-11H2. The fourth-order valence-corrected chi connectivity index (χ4v) is 2.47. The lowest BCUT2D eigenvalue weighted by atomic mass is 10.0. The van der Waals surface area contributed by atoms with Gasteiger partial charge in [0.1, 0.15) is 0 Å². The number of benzene rings is 1. The Bertz CT molecular complexity index is 299. The third-order valence-corrected chi connectivity index (χ3v) is 3.61. The minimum Gasteiger partial charge on any atom is -0.314 e. The van der Waals surface area contributed by atoms with E-state index in [4.69, 9.17) is 11.6 Å². The average molecular weight is 238 g/mol. The van der Waals surface area contributed by atoms with Crippen molar-refractivity contribution < 1.29 is 0 Å². The van der Waals surface area contributed by atoms with E-state index in [0.29, 0.717) is 0 Å². The van der Waals surface area contributed by atoms with Crippen molar-refractivity contribution in [1.82, 2.24) is 5.32 Å². The Balaban J connectivity index is 1.79. The van der Waals surface area contributed by atoms with Crippen LogP contribution in [0.5, 0.6) is 0 Å². The maximum absolute atomic E-state index is 5.87. The van der Waals surface area contributed by atoms with Gasteiger partial charge in [0.2, 0.25) is 0 Å². The van der Waals surface area contributed by atoms with Gasteiger partial charge in [0, 0.05) is 11.1 Å². The van der Waals surface area contributed by atoms with Gasteiger partial charge >= 0.3 is 0 Å². The number of halogens is 1. The lowest BCUT2D eigenvalue weighted by Gasteiger charge is -2.15. The number of hydrogen-bond acceptors (Lipinski definition) is 1. The Morgan fingerprint density at radius 2 is 1.94 bits per heavy atom. The predicted octanol–water partition coefficient (Wildman–Crippen LogP) is 3.80. The molecule has 1 aliphatic rings. The topological polar surface area (TPSA) is 12.0 Å². The fourth-order valence-electron chi connectivity index (χ4n) is 2.34. The summed E-state index contributed by atoms with van der Waals surface area (Å²) in [4.78, 5) is 0. The molecule has 0 radical (unpaired) electrons. The van der Waals surface area contributed by atoms with Crippen LogP contribution in [0.1, 0.15) is 37.7 Å². The molecule has 1 heterocycles. The largest absolute Gasteiger partial charge is 0.314 e. The summed E-state index contributed by atoms with van der Waals surface area (Å²) >= 11 is 5.87. The smallest absolute Gasteiger partial charge is 0.0406 e. The van der Waals surface area contributed by atoms with Crippen LogP contribution >= 0.6 is 11.6 Å². The molecule has 1 saturated heterocycles. The monoisotopic (exact) mass is 237 g/mol. The number of nitrogens with one attached hydrogen (secondary N) is 1. The van der Waals surface area contributed by atoms with E-state index in [2.05, 4.69) is 17.4 Å². The van der Waals surface area contributed by atoms with Crippen molar-refractivity contribution >= 4 is 11.6 Å². The molecule has 2 rings (SSSR count). The molecule has 0 amide bonds. The van der Waals surface area contributed by atoms with Gasteiger partial charge in [0.25, 0.3) is 0 Å². The lowest BCUT2D eigenvalue weighted by molar-refractivity contribution is 0.478. The van der Waals surface area contributed by atoms with Crippen molar-refractivity contribution in [3.05, 3.63) is 34.9 Å². The quantitative estimate of drug-likeness (QED) is 0.843. The van der Waals surface area contributed by atoms with E-state index < -0.39 is 0 Å². The molecule has 1 N–H and O–H groups in total. The summed E-state index contributed by atoms with van der Waals surface area (Å²) in [5, 5.41) is 4.47. The maximum Gasteiger partial charge on any atom is 0.0406 e. The van der Waals surface area contributed by atoms with E-state index in [1.54, 1.807) is 0 Å². The molecule has 1 atom stereocenters. The van der Waals surface area contributed by atoms with E-state index in [1.165, 1.54) is 44.2 Å². The molecular formula is C14H20ClN. The van der Waals surface area contributed by atoms with Crippen LogP contribution in [0, 0.1) is 0 Å². The first-order chi connectivity index (χ1) is 7.84. The third-order valence-electron chi connectivity index (χ3n) is 3.36. The Morgan fingerprint density at radius 3 is 2.75 bits per heavy atom. The Hall–Kier alpha value is -0.530. The highest BCUT2D eigenvalue weighted by Crippen LogP contribution is 2.15. The molecule has 0 aliphatic carbocycles. The van der Waals surface area contributed by atoms with Gasteiger partial charge in [-0.15, -0.1) is 0 Å². The van der Waals surface area contributed by atoms with Crippen LogP contribution in [0.2, 0.25) is 5.02 Å². The molecule has 1 aromatic rings. The summed E-state index contributed by atoms with van der Waals surface area (Å²) in [5.74, 6) is 0. The zero-order valence-corrected chi connectivity index (χ0v) is 10.5. The molecule has 0 bridgehead atoms. The molecule has 88 valence electrons. The minimum absolute atomic E-state index is 0.721. The molecule has 16 heavy (non-hydrogen) atoms. The number of hydrogen-bond donors (Lipinski definition) is 1. The molecule has 1 fully saturated rings. The second kappa shape index (κ2) is 6.27. The van der Waals surface area contributed by atoms with E-state index in [0.717, 1.165) is 17.5 Å². The molecule has 1 unspecified atom stereocenters. The van der Waals surface area contributed by atoms with Gasteiger partial charge in [-0.2, -0.15) is 0 Å². The molecule has 0 aromatic heterocycles. The van der Waals surface area contributed by atoms with Crippen molar-refractivity contribution in [2.24, 2.45) is 0 Å². The van der Waals surface area contributed by atoms with Crippen LogP contribution in [0.25, 0.3) is 0 Å². The van der Waals surface area contributed by atoms with Crippen LogP contribution in [0.3, 0.4) is 0 Å². The van der Waals surface area contributed by atoms with Gasteiger partial charge in [-0.1, -0.05) is 36.6 Å². The normalized spacial score (nSPS) is 21.7. The minimum atomic E-state index is 0.721. The van der Waals surface area contributed by atoms with Crippen molar-refractivity contribution in [3.63, 3.8) is 0 Å². The summed E-state index contributed by atoms with van der Waals surface area (Å²) in [6.45, 7) is 1.20. The van der Waals surface area contributed by atoms with Crippen molar-refractivity contribution in [2.45, 2.75) is 44.6 Å². The lowest BCUT2D eigenvalue weighted by Crippen LogP contribution is -2.28. The van der Waals surface area contributed by atoms with Gasteiger partial charge in [-0.25, -0.2) is 0 Å². The summed E-state index contributed by atoms with van der Waals surface area (Å²) in [6, 6.07) is 8.96. The highest BCUT2D eigenvalue weighted by molar-refractivity contribution is 6.30. The van der Waals surface area contributed by atoms with E-state index in [9.17, 15) is 0 Å². The first kappa shape index (κ1) is 11.9. The summed E-state index contributed by atoms with van der Waals surface area (Å²) in [5.41, 5.74) is 1.40. The molecular weight excluding hydrogens is 218 g/mol. The van der Waals surface area contributed by atoms with Crippen LogP contribution in [0.15, 0.2) is 24.3 Å². The van der Waals surface area contributed by atoms with Gasteiger partial charge in [0.15, 0.2) is 0 Å². The van der Waals surface area contributed by atoms with Crippen LogP contribution in [-0.4, -0.2) is 12.6 Å². The zero-order valence-electron chi connectivity index (χ0n) is 9.71. The van der Waals surface area contributed by atoms with Crippen molar-refractivity contribution in [3.8, 4) is 0 Å². The van der Waals surface area contributed by atoms with E-state index in [-0.39, 0.29) is 0 Å². The van der Waals surface area contributed by atoms with Gasteiger partial charge in [-0.05, 0) is 49.9 Å². The van der Waals surface area contributed by atoms with Gasteiger partial charge in [0.05, 0.1) is 0 Å². The van der Waals surface area contributed by atoms with Crippen molar-refractivity contribution in [1.29, 1.82) is 0 Å². The van der Waals surface area contributed by atoms with Crippen LogP contribution in [0.4, 0.5) is 0 Å². The molecule has 0 saturated carbocycles. The fraction of sp³-hybridized carbons (Fsp3) is 0.571. The summed E-state index contributed by atoms with van der Waals surface area (Å²) < 4.78 is 0. The Labute approximate surface area is 103 Å². The SMILES string of the molecule is Clc1ccc(CCC2CCCCCN2)cc1. The van der Waals surface area contributed by atoms with Crippen molar-refractivity contribution in [2.75, 3.05) is 6.54 Å². The highest BCUT2D eigenvalue weighted by Gasteiger charge is 2.10. The molecule has 1 nitrogen and oxygen atoms in total. The first-order valence-corrected chi connectivity index (χ1v) is 6.70. The zero-order chi connectivity index (χ0) is 11.2. The van der Waals surface area contributed by atoms with E-state index >= 15 is 0 Å². The Kier molecular flexibility index (Phi) is 4.68. The molecule has 2 heteroatoms. The average Bonchev–Trinajstić information content (AvgIpc) is 2.57. The number of rotatable bonds is 3. The van der Waals surface area contributed by atoms with Gasteiger partial charge < -0.3 is 5.32 Å². The molecule has 1 aliphatic heterocycles. The third kappa shape index (κ3) is 3.80. The number of aryl methyl sites for hydroxylation is 1. The maximum atomic E-state index is 5.87. The second-order valence-electron chi connectivity index (χ2n) is 4.67. The Morgan fingerprint density at radius 1 is 1.12 bits per heavy atom. The molecule has 0 spiro atoms. The van der Waals surface area contributed by atoms with Gasteiger partial charge in [-0.3, -0.25) is 0 Å². The highest BCUT2D eigenvalue weighted by atomic mass is 35.5. The first-order valence-electron chi connectivity index (χ1n) is 6.32. The second-order valence-corrected chi connectivity index (χ2v) is 5.10. The predicted molar refractivity (Wildman–Crippen MR) is 70.0 cm³/mol. The summed E-state index contributed by atoms with van der Waals surface area (Å²) in [7, 11) is 0. The van der Waals surface area contributed by atoms with Crippen LogP contribution in [-0.2, 0) is 6.42 Å². The molecule has 1 aromatic carbocycles. The van der Waals surface area contributed by atoms with E-state index in [1.807, 2.05) is 12.1 Å².